The van der Waals surface area contributed by atoms with Crippen LogP contribution in [0.15, 0.2) is 18.2 Å². The highest BCUT2D eigenvalue weighted by Crippen LogP contribution is 2.25. The van der Waals surface area contributed by atoms with Gasteiger partial charge in [-0.15, -0.1) is 0 Å². The SMILES string of the molecule is CC(CS(C)(=O)=O)Nc1ccc2c(c1)CCC2. The zero-order chi connectivity index (χ0) is 12.5. The van der Waals surface area contributed by atoms with Gasteiger partial charge in [0.25, 0.3) is 0 Å². The summed E-state index contributed by atoms with van der Waals surface area (Å²) in [6.45, 7) is 1.90. The molecule has 0 saturated carbocycles. The van der Waals surface area contributed by atoms with Crippen molar-refractivity contribution in [3.05, 3.63) is 29.3 Å². The normalized spacial score (nSPS) is 16.6. The molecule has 0 aliphatic heterocycles. The summed E-state index contributed by atoms with van der Waals surface area (Å²) in [4.78, 5) is 0. The van der Waals surface area contributed by atoms with E-state index in [0.717, 1.165) is 12.1 Å². The van der Waals surface area contributed by atoms with Crippen LogP contribution in [0.3, 0.4) is 0 Å². The Morgan fingerprint density at radius 3 is 2.71 bits per heavy atom. The molecule has 17 heavy (non-hydrogen) atoms. The van der Waals surface area contributed by atoms with Crippen molar-refractivity contribution in [3.63, 3.8) is 0 Å². The number of rotatable bonds is 4. The van der Waals surface area contributed by atoms with Gasteiger partial charge in [0.05, 0.1) is 5.75 Å². The molecular weight excluding hydrogens is 234 g/mol. The molecule has 4 heteroatoms. The summed E-state index contributed by atoms with van der Waals surface area (Å²) in [5, 5.41) is 3.25. The van der Waals surface area contributed by atoms with E-state index < -0.39 is 9.84 Å². The summed E-state index contributed by atoms with van der Waals surface area (Å²) in [5.74, 6) is 0.171. The Balaban J connectivity index is 2.04. The molecule has 0 spiro atoms. The number of hydrogen-bond donors (Lipinski definition) is 1. The van der Waals surface area contributed by atoms with Crippen LogP contribution in [-0.4, -0.2) is 26.5 Å². The monoisotopic (exact) mass is 253 g/mol. The molecule has 1 aromatic rings. The lowest BCUT2D eigenvalue weighted by molar-refractivity contribution is 0.598. The number of fused-ring (bicyclic) bond motifs is 1. The van der Waals surface area contributed by atoms with Crippen molar-refractivity contribution in [1.29, 1.82) is 0 Å². The third kappa shape index (κ3) is 3.46. The lowest BCUT2D eigenvalue weighted by atomic mass is 10.1. The van der Waals surface area contributed by atoms with Crippen LogP contribution in [0, 0.1) is 0 Å². The number of hydrogen-bond acceptors (Lipinski definition) is 3. The minimum absolute atomic E-state index is 0.0514. The molecule has 0 radical (unpaired) electrons. The topological polar surface area (TPSA) is 46.2 Å². The average Bonchev–Trinajstić information content (AvgIpc) is 2.61. The molecule has 1 aliphatic rings. The fourth-order valence-corrected chi connectivity index (χ4v) is 3.43. The number of aryl methyl sites for hydroxylation is 2. The molecule has 2 rings (SSSR count). The average molecular weight is 253 g/mol. The van der Waals surface area contributed by atoms with Crippen molar-refractivity contribution in [3.8, 4) is 0 Å². The van der Waals surface area contributed by atoms with Crippen LogP contribution >= 0.6 is 0 Å². The van der Waals surface area contributed by atoms with E-state index in [2.05, 4.69) is 17.4 Å². The first-order valence-corrected chi connectivity index (χ1v) is 8.06. The predicted octanol–water partition coefficient (Wildman–Crippen LogP) is 2.02. The maximum atomic E-state index is 11.2. The van der Waals surface area contributed by atoms with Crippen LogP contribution in [0.1, 0.15) is 24.5 Å². The maximum absolute atomic E-state index is 11.2. The highest BCUT2D eigenvalue weighted by Gasteiger charge is 2.13. The van der Waals surface area contributed by atoms with E-state index in [1.165, 1.54) is 30.2 Å². The second-order valence-corrected chi connectivity index (χ2v) is 7.16. The van der Waals surface area contributed by atoms with Crippen molar-refractivity contribution in [2.24, 2.45) is 0 Å². The lowest BCUT2D eigenvalue weighted by Crippen LogP contribution is -2.25. The zero-order valence-corrected chi connectivity index (χ0v) is 11.2. The third-order valence-electron chi connectivity index (χ3n) is 3.06. The fourth-order valence-electron chi connectivity index (χ4n) is 2.44. The van der Waals surface area contributed by atoms with Crippen molar-refractivity contribution in [1.82, 2.24) is 0 Å². The molecule has 3 nitrogen and oxygen atoms in total. The Bertz CT molecular complexity index is 508. The van der Waals surface area contributed by atoms with Gasteiger partial charge < -0.3 is 5.32 Å². The van der Waals surface area contributed by atoms with E-state index in [1.807, 2.05) is 13.0 Å². The number of nitrogens with one attached hydrogen (secondary N) is 1. The van der Waals surface area contributed by atoms with Gasteiger partial charge in [-0.05, 0) is 49.4 Å². The highest BCUT2D eigenvalue weighted by atomic mass is 32.2. The summed E-state index contributed by atoms with van der Waals surface area (Å²) in [7, 11) is -2.92. The first kappa shape index (κ1) is 12.4. The Morgan fingerprint density at radius 2 is 2.00 bits per heavy atom. The molecule has 0 amide bonds. The van der Waals surface area contributed by atoms with Gasteiger partial charge >= 0.3 is 0 Å². The van der Waals surface area contributed by atoms with Crippen LogP contribution < -0.4 is 5.32 Å². The van der Waals surface area contributed by atoms with Gasteiger partial charge in [0.15, 0.2) is 0 Å². The summed E-state index contributed by atoms with van der Waals surface area (Å²) in [6, 6.07) is 6.30. The smallest absolute Gasteiger partial charge is 0.149 e. The van der Waals surface area contributed by atoms with E-state index in [0.29, 0.717) is 0 Å². The Kier molecular flexibility index (Phi) is 3.43. The van der Waals surface area contributed by atoms with Gasteiger partial charge in [-0.25, -0.2) is 8.42 Å². The minimum Gasteiger partial charge on any atom is -0.382 e. The van der Waals surface area contributed by atoms with Gasteiger partial charge in [-0.1, -0.05) is 6.07 Å². The van der Waals surface area contributed by atoms with Crippen molar-refractivity contribution < 1.29 is 8.42 Å². The fraction of sp³-hybridized carbons (Fsp3) is 0.538. The van der Waals surface area contributed by atoms with E-state index in [1.54, 1.807) is 0 Å². The van der Waals surface area contributed by atoms with E-state index in [9.17, 15) is 8.42 Å². The zero-order valence-electron chi connectivity index (χ0n) is 10.4. The largest absolute Gasteiger partial charge is 0.382 e. The molecule has 0 bridgehead atoms. The molecule has 0 saturated heterocycles. The Hall–Kier alpha value is -1.03. The van der Waals surface area contributed by atoms with E-state index in [4.69, 9.17) is 0 Å². The van der Waals surface area contributed by atoms with Crippen LogP contribution in [-0.2, 0) is 22.7 Å². The Morgan fingerprint density at radius 1 is 1.29 bits per heavy atom. The summed E-state index contributed by atoms with van der Waals surface area (Å²) in [6.07, 6.45) is 4.82. The van der Waals surface area contributed by atoms with E-state index >= 15 is 0 Å². The molecule has 0 heterocycles. The van der Waals surface area contributed by atoms with Crippen molar-refractivity contribution in [2.75, 3.05) is 17.3 Å². The third-order valence-corrected chi connectivity index (χ3v) is 4.17. The predicted molar refractivity (Wildman–Crippen MR) is 71.3 cm³/mol. The molecule has 1 aliphatic carbocycles. The van der Waals surface area contributed by atoms with Crippen LogP contribution in [0.2, 0.25) is 0 Å². The van der Waals surface area contributed by atoms with Gasteiger partial charge in [0, 0.05) is 18.0 Å². The second kappa shape index (κ2) is 4.69. The quantitative estimate of drug-likeness (QED) is 0.893. The van der Waals surface area contributed by atoms with Gasteiger partial charge in [0.2, 0.25) is 0 Å². The Labute approximate surface area is 103 Å². The first-order chi connectivity index (χ1) is 7.94. The maximum Gasteiger partial charge on any atom is 0.149 e. The van der Waals surface area contributed by atoms with E-state index in [-0.39, 0.29) is 11.8 Å². The summed E-state index contributed by atoms with van der Waals surface area (Å²) >= 11 is 0. The second-order valence-electron chi connectivity index (χ2n) is 4.97. The highest BCUT2D eigenvalue weighted by molar-refractivity contribution is 7.90. The molecule has 1 atom stereocenters. The lowest BCUT2D eigenvalue weighted by Gasteiger charge is -2.15. The van der Waals surface area contributed by atoms with Gasteiger partial charge in [-0.3, -0.25) is 0 Å². The number of anilines is 1. The van der Waals surface area contributed by atoms with Crippen LogP contribution in [0.4, 0.5) is 5.69 Å². The molecule has 1 unspecified atom stereocenters. The van der Waals surface area contributed by atoms with Crippen LogP contribution in [0.5, 0.6) is 0 Å². The minimum atomic E-state index is -2.92. The molecule has 1 N–H and O–H groups in total. The van der Waals surface area contributed by atoms with Gasteiger partial charge in [0.1, 0.15) is 9.84 Å². The standard InChI is InChI=1S/C13H19NO2S/c1-10(9-17(2,15)16)14-13-7-6-11-4-3-5-12(11)8-13/h6-8,10,14H,3-5,9H2,1-2H3. The molecule has 1 aromatic carbocycles. The summed E-state index contributed by atoms with van der Waals surface area (Å²) < 4.78 is 22.4. The van der Waals surface area contributed by atoms with Gasteiger partial charge in [-0.2, -0.15) is 0 Å². The molecule has 0 aromatic heterocycles. The first-order valence-electron chi connectivity index (χ1n) is 6.00. The molecular formula is C13H19NO2S. The summed E-state index contributed by atoms with van der Waals surface area (Å²) in [5.41, 5.74) is 3.87. The van der Waals surface area contributed by atoms with Crippen LogP contribution in [0.25, 0.3) is 0 Å². The van der Waals surface area contributed by atoms with Crippen molar-refractivity contribution in [2.45, 2.75) is 32.2 Å². The molecule has 94 valence electrons. The number of benzene rings is 1. The molecule has 0 fully saturated rings. The van der Waals surface area contributed by atoms with Crippen molar-refractivity contribution >= 4 is 15.5 Å². The number of sulfone groups is 1.